The van der Waals surface area contributed by atoms with Crippen molar-refractivity contribution in [2.75, 3.05) is 0 Å². The fourth-order valence-electron chi connectivity index (χ4n) is 2.13. The molecule has 4 heteroatoms. The Kier molecular flexibility index (Phi) is 3.66. The van der Waals surface area contributed by atoms with Crippen molar-refractivity contribution in [2.24, 2.45) is 0 Å². The summed E-state index contributed by atoms with van der Waals surface area (Å²) < 4.78 is 15.7. The minimum atomic E-state index is -0.215. The molecule has 1 heterocycles. The van der Waals surface area contributed by atoms with Gasteiger partial charge in [-0.05, 0) is 42.8 Å². The van der Waals surface area contributed by atoms with Crippen molar-refractivity contribution in [1.29, 1.82) is 0 Å². The van der Waals surface area contributed by atoms with Gasteiger partial charge in [0.1, 0.15) is 5.82 Å². The number of H-pyrrole nitrogens is 1. The van der Waals surface area contributed by atoms with Crippen LogP contribution in [0, 0.1) is 10.6 Å². The number of aromatic nitrogens is 2. The van der Waals surface area contributed by atoms with E-state index in [1.165, 1.54) is 12.1 Å². The molecule has 0 spiro atoms. The Morgan fingerprint density at radius 2 is 1.78 bits per heavy atom. The Hall–Kier alpha value is -1.42. The number of nitrogens with zero attached hydrogens (tertiary/aromatic N) is 1. The summed E-state index contributed by atoms with van der Waals surface area (Å²) >= 11 is 5.33. The van der Waals surface area contributed by atoms with Crippen molar-refractivity contribution in [3.8, 4) is 0 Å². The van der Waals surface area contributed by atoms with Crippen molar-refractivity contribution in [1.82, 2.24) is 9.55 Å². The first-order chi connectivity index (χ1) is 8.50. The quantitative estimate of drug-likeness (QED) is 0.814. The van der Waals surface area contributed by atoms with E-state index in [1.807, 2.05) is 6.20 Å². The van der Waals surface area contributed by atoms with Crippen LogP contribution in [0.3, 0.4) is 0 Å². The molecule has 2 nitrogen and oxygen atoms in total. The van der Waals surface area contributed by atoms with Crippen molar-refractivity contribution in [3.05, 3.63) is 52.3 Å². The van der Waals surface area contributed by atoms with Crippen molar-refractivity contribution < 1.29 is 4.39 Å². The number of hydrogen-bond donors (Lipinski definition) is 1. The molecule has 96 valence electrons. The number of rotatable bonds is 3. The standard InChI is InChI=1S/C14H17FN2S/c1-9(2)13-8-16-14(18)17(13)10(3)11-4-6-12(15)7-5-11/h4-10H,1-3H3,(H,16,18). The second-order valence-corrected chi connectivity index (χ2v) is 5.16. The molecule has 0 saturated heterocycles. The first kappa shape index (κ1) is 13.0. The zero-order chi connectivity index (χ0) is 13.3. The summed E-state index contributed by atoms with van der Waals surface area (Å²) in [5.74, 6) is 0.175. The number of aromatic amines is 1. The molecule has 2 aromatic rings. The number of imidazole rings is 1. The molecule has 0 aliphatic carbocycles. The van der Waals surface area contributed by atoms with E-state index in [0.717, 1.165) is 11.3 Å². The molecule has 0 fully saturated rings. The van der Waals surface area contributed by atoms with Crippen LogP contribution in [0.15, 0.2) is 30.5 Å². The van der Waals surface area contributed by atoms with E-state index < -0.39 is 0 Å². The number of halogens is 1. The second kappa shape index (κ2) is 5.06. The molecule has 0 radical (unpaired) electrons. The fraction of sp³-hybridized carbons (Fsp3) is 0.357. The van der Waals surface area contributed by atoms with Gasteiger partial charge in [-0.1, -0.05) is 26.0 Å². The summed E-state index contributed by atoms with van der Waals surface area (Å²) in [6.45, 7) is 6.33. The Morgan fingerprint density at radius 3 is 2.33 bits per heavy atom. The van der Waals surface area contributed by atoms with Gasteiger partial charge in [0.15, 0.2) is 4.77 Å². The van der Waals surface area contributed by atoms with Gasteiger partial charge in [0.25, 0.3) is 0 Å². The molecular formula is C14H17FN2S. The Labute approximate surface area is 111 Å². The fourth-order valence-corrected chi connectivity index (χ4v) is 2.45. The molecule has 1 unspecified atom stereocenters. The molecule has 1 atom stereocenters. The first-order valence-electron chi connectivity index (χ1n) is 6.06. The lowest BCUT2D eigenvalue weighted by Gasteiger charge is -2.19. The second-order valence-electron chi connectivity index (χ2n) is 4.77. The van der Waals surface area contributed by atoms with Crippen LogP contribution >= 0.6 is 12.2 Å². The van der Waals surface area contributed by atoms with Crippen molar-refractivity contribution in [3.63, 3.8) is 0 Å². The molecule has 1 aromatic heterocycles. The van der Waals surface area contributed by atoms with Crippen LogP contribution in [0.2, 0.25) is 0 Å². The molecule has 0 amide bonds. The molecule has 2 rings (SSSR count). The smallest absolute Gasteiger partial charge is 0.177 e. The third-order valence-corrected chi connectivity index (χ3v) is 3.49. The normalized spacial score (nSPS) is 12.9. The monoisotopic (exact) mass is 264 g/mol. The van der Waals surface area contributed by atoms with Gasteiger partial charge in [-0.15, -0.1) is 0 Å². The summed E-state index contributed by atoms with van der Waals surface area (Å²) in [4.78, 5) is 3.08. The maximum atomic E-state index is 12.9. The van der Waals surface area contributed by atoms with Crippen LogP contribution in [-0.4, -0.2) is 9.55 Å². The molecule has 0 aliphatic rings. The third-order valence-electron chi connectivity index (χ3n) is 3.17. The molecule has 0 saturated carbocycles. The van der Waals surface area contributed by atoms with Gasteiger partial charge in [0.2, 0.25) is 0 Å². The van der Waals surface area contributed by atoms with E-state index in [4.69, 9.17) is 12.2 Å². The molecule has 0 bridgehead atoms. The number of nitrogens with one attached hydrogen (secondary N) is 1. The van der Waals surface area contributed by atoms with Gasteiger partial charge in [0, 0.05) is 11.9 Å². The van der Waals surface area contributed by atoms with Gasteiger partial charge < -0.3 is 9.55 Å². The lowest BCUT2D eigenvalue weighted by atomic mass is 10.1. The van der Waals surface area contributed by atoms with E-state index >= 15 is 0 Å². The SMILES string of the molecule is CC(C)c1c[nH]c(=S)n1C(C)c1ccc(F)cc1. The number of hydrogen-bond acceptors (Lipinski definition) is 1. The minimum Gasteiger partial charge on any atom is -0.337 e. The number of benzene rings is 1. The van der Waals surface area contributed by atoms with Gasteiger partial charge in [-0.2, -0.15) is 0 Å². The van der Waals surface area contributed by atoms with Crippen molar-refractivity contribution in [2.45, 2.75) is 32.7 Å². The van der Waals surface area contributed by atoms with E-state index in [2.05, 4.69) is 30.3 Å². The van der Waals surface area contributed by atoms with Crippen LogP contribution in [0.25, 0.3) is 0 Å². The average Bonchev–Trinajstić information content (AvgIpc) is 2.71. The van der Waals surface area contributed by atoms with Crippen molar-refractivity contribution >= 4 is 12.2 Å². The van der Waals surface area contributed by atoms with E-state index in [9.17, 15) is 4.39 Å². The topological polar surface area (TPSA) is 20.7 Å². The summed E-state index contributed by atoms with van der Waals surface area (Å²) in [5, 5.41) is 0. The van der Waals surface area contributed by atoms with Crippen LogP contribution < -0.4 is 0 Å². The van der Waals surface area contributed by atoms with Crippen LogP contribution in [0.4, 0.5) is 4.39 Å². The first-order valence-corrected chi connectivity index (χ1v) is 6.46. The van der Waals surface area contributed by atoms with Gasteiger partial charge in [-0.3, -0.25) is 0 Å². The minimum absolute atomic E-state index is 0.0988. The summed E-state index contributed by atoms with van der Waals surface area (Å²) in [5.41, 5.74) is 2.21. The predicted molar refractivity (Wildman–Crippen MR) is 73.9 cm³/mol. The highest BCUT2D eigenvalue weighted by Crippen LogP contribution is 2.24. The largest absolute Gasteiger partial charge is 0.337 e. The average molecular weight is 264 g/mol. The molecular weight excluding hydrogens is 247 g/mol. The zero-order valence-electron chi connectivity index (χ0n) is 10.8. The zero-order valence-corrected chi connectivity index (χ0v) is 11.6. The summed E-state index contributed by atoms with van der Waals surface area (Å²) in [7, 11) is 0. The van der Waals surface area contributed by atoms with Gasteiger partial charge in [0.05, 0.1) is 6.04 Å². The van der Waals surface area contributed by atoms with E-state index in [0.29, 0.717) is 10.7 Å². The molecule has 0 aliphatic heterocycles. The Bertz CT molecular complexity index is 581. The van der Waals surface area contributed by atoms with Gasteiger partial charge in [-0.25, -0.2) is 4.39 Å². The van der Waals surface area contributed by atoms with Crippen LogP contribution in [0.5, 0.6) is 0 Å². The molecule has 1 aromatic carbocycles. The Balaban J connectivity index is 2.45. The molecule has 18 heavy (non-hydrogen) atoms. The van der Waals surface area contributed by atoms with E-state index in [-0.39, 0.29) is 11.9 Å². The maximum absolute atomic E-state index is 12.9. The van der Waals surface area contributed by atoms with Crippen LogP contribution in [-0.2, 0) is 0 Å². The highest BCUT2D eigenvalue weighted by molar-refractivity contribution is 7.71. The molecule has 1 N–H and O–H groups in total. The highest BCUT2D eigenvalue weighted by atomic mass is 32.1. The van der Waals surface area contributed by atoms with Gasteiger partial charge >= 0.3 is 0 Å². The Morgan fingerprint density at radius 1 is 1.17 bits per heavy atom. The maximum Gasteiger partial charge on any atom is 0.177 e. The van der Waals surface area contributed by atoms with E-state index in [1.54, 1.807) is 12.1 Å². The third kappa shape index (κ3) is 2.38. The van der Waals surface area contributed by atoms with Crippen LogP contribution in [0.1, 0.15) is 44.0 Å². The summed E-state index contributed by atoms with van der Waals surface area (Å²) in [6.07, 6.45) is 1.95. The lowest BCUT2D eigenvalue weighted by molar-refractivity contribution is 0.578. The predicted octanol–water partition coefficient (Wildman–Crippen LogP) is 4.42. The summed E-state index contributed by atoms with van der Waals surface area (Å²) in [6, 6.07) is 6.67. The highest BCUT2D eigenvalue weighted by Gasteiger charge is 2.15. The lowest BCUT2D eigenvalue weighted by Crippen LogP contribution is -2.11.